The number of nitrogens with one attached hydrogen (secondary N) is 1. The predicted molar refractivity (Wildman–Crippen MR) is 138 cm³/mol. The molecular formula is C26H26ClN3O5S. The standard InChI is InChI=1S/C26H26ClN3O5S/c1-29(36(33,34)21-13-11-20(27)12-14-21)18-25(31)30-17-24(35-23-10-6-5-9-22(23)30)26(32)28-16-15-19-7-3-2-4-8-19/h2-14,24H,15-18H2,1H3,(H,28,32)/t24-/m1/s1. The molecule has 0 saturated heterocycles. The lowest BCUT2D eigenvalue weighted by Gasteiger charge is -2.35. The molecule has 1 aliphatic heterocycles. The molecule has 1 aliphatic rings. The van der Waals surface area contributed by atoms with Crippen molar-refractivity contribution < 1.29 is 22.7 Å². The molecule has 36 heavy (non-hydrogen) atoms. The fourth-order valence-corrected chi connectivity index (χ4v) is 5.09. The fraction of sp³-hybridized carbons (Fsp3) is 0.231. The summed E-state index contributed by atoms with van der Waals surface area (Å²) in [6.07, 6.45) is -0.274. The molecule has 10 heteroatoms. The van der Waals surface area contributed by atoms with Gasteiger partial charge in [-0.3, -0.25) is 9.59 Å². The number of anilines is 1. The molecule has 0 radical (unpaired) electrons. The maximum atomic E-state index is 13.3. The summed E-state index contributed by atoms with van der Waals surface area (Å²) in [6, 6.07) is 22.4. The molecule has 0 bridgehead atoms. The third kappa shape index (κ3) is 5.87. The van der Waals surface area contributed by atoms with Gasteiger partial charge in [0.25, 0.3) is 5.91 Å². The molecule has 1 heterocycles. The van der Waals surface area contributed by atoms with Gasteiger partial charge in [-0.15, -0.1) is 0 Å². The largest absolute Gasteiger partial charge is 0.477 e. The zero-order valence-corrected chi connectivity index (χ0v) is 21.2. The van der Waals surface area contributed by atoms with Crippen LogP contribution in [0, 0.1) is 0 Å². The van der Waals surface area contributed by atoms with Gasteiger partial charge in [0.2, 0.25) is 15.9 Å². The van der Waals surface area contributed by atoms with Crippen molar-refractivity contribution in [3.8, 4) is 5.75 Å². The van der Waals surface area contributed by atoms with Gasteiger partial charge in [0.1, 0.15) is 5.75 Å². The van der Waals surface area contributed by atoms with E-state index in [0.717, 1.165) is 9.87 Å². The zero-order valence-electron chi connectivity index (χ0n) is 19.6. The molecule has 2 amide bonds. The van der Waals surface area contributed by atoms with Gasteiger partial charge >= 0.3 is 0 Å². The lowest BCUT2D eigenvalue weighted by Crippen LogP contribution is -2.52. The minimum Gasteiger partial charge on any atom is -0.477 e. The molecule has 1 N–H and O–H groups in total. The average molecular weight is 528 g/mol. The molecule has 188 valence electrons. The Hall–Kier alpha value is -3.40. The van der Waals surface area contributed by atoms with Gasteiger partial charge < -0.3 is 15.0 Å². The third-order valence-electron chi connectivity index (χ3n) is 5.80. The topological polar surface area (TPSA) is 96.0 Å². The number of hydrogen-bond acceptors (Lipinski definition) is 5. The number of carbonyl (C=O) groups is 2. The number of nitrogens with zero attached hydrogens (tertiary/aromatic N) is 2. The van der Waals surface area contributed by atoms with Crippen LogP contribution in [0.25, 0.3) is 0 Å². The number of ether oxygens (including phenoxy) is 1. The predicted octanol–water partition coefficient (Wildman–Crippen LogP) is 3.11. The number of carbonyl (C=O) groups excluding carboxylic acids is 2. The first-order valence-electron chi connectivity index (χ1n) is 11.4. The Bertz CT molecular complexity index is 1330. The highest BCUT2D eigenvalue weighted by Crippen LogP contribution is 2.33. The summed E-state index contributed by atoms with van der Waals surface area (Å²) in [4.78, 5) is 27.6. The quantitative estimate of drug-likeness (QED) is 0.485. The molecule has 0 spiro atoms. The molecule has 0 aliphatic carbocycles. The van der Waals surface area contributed by atoms with Crippen molar-refractivity contribution in [2.45, 2.75) is 17.4 Å². The van der Waals surface area contributed by atoms with E-state index in [1.165, 1.54) is 36.2 Å². The molecule has 4 rings (SSSR count). The minimum atomic E-state index is -3.92. The van der Waals surface area contributed by atoms with Crippen molar-refractivity contribution in [1.29, 1.82) is 0 Å². The molecule has 3 aromatic rings. The summed E-state index contributed by atoms with van der Waals surface area (Å²) in [7, 11) is -2.58. The van der Waals surface area contributed by atoms with Crippen molar-refractivity contribution in [1.82, 2.24) is 9.62 Å². The first-order chi connectivity index (χ1) is 17.3. The highest BCUT2D eigenvalue weighted by molar-refractivity contribution is 7.89. The molecule has 3 aromatic carbocycles. The number of halogens is 1. The summed E-state index contributed by atoms with van der Waals surface area (Å²) in [5.41, 5.74) is 1.57. The van der Waals surface area contributed by atoms with Crippen LogP contribution in [0.2, 0.25) is 5.02 Å². The molecule has 8 nitrogen and oxygen atoms in total. The maximum absolute atomic E-state index is 13.3. The number of rotatable bonds is 8. The van der Waals surface area contributed by atoms with E-state index < -0.39 is 28.6 Å². The number of para-hydroxylation sites is 2. The van der Waals surface area contributed by atoms with E-state index in [2.05, 4.69) is 5.32 Å². The molecule has 1 atom stereocenters. The maximum Gasteiger partial charge on any atom is 0.262 e. The number of hydrogen-bond donors (Lipinski definition) is 1. The Kier molecular flexibility index (Phi) is 7.93. The lowest BCUT2D eigenvalue weighted by atomic mass is 10.1. The Balaban J connectivity index is 1.45. The van der Waals surface area contributed by atoms with E-state index >= 15 is 0 Å². The van der Waals surface area contributed by atoms with Crippen LogP contribution in [-0.4, -0.2) is 57.3 Å². The summed E-state index contributed by atoms with van der Waals surface area (Å²) >= 11 is 5.86. The van der Waals surface area contributed by atoms with Gasteiger partial charge in [-0.1, -0.05) is 54.1 Å². The monoisotopic (exact) mass is 527 g/mol. The van der Waals surface area contributed by atoms with Crippen LogP contribution in [0.1, 0.15) is 5.56 Å². The number of sulfonamides is 1. The number of likely N-dealkylation sites (N-methyl/N-ethyl adjacent to an activating group) is 1. The van der Waals surface area contributed by atoms with E-state index in [4.69, 9.17) is 16.3 Å². The van der Waals surface area contributed by atoms with E-state index in [9.17, 15) is 18.0 Å². The minimum absolute atomic E-state index is 0.0280. The summed E-state index contributed by atoms with van der Waals surface area (Å²) in [5, 5.41) is 3.27. The van der Waals surface area contributed by atoms with Crippen LogP contribution >= 0.6 is 11.6 Å². The van der Waals surface area contributed by atoms with Crippen LogP contribution in [0.3, 0.4) is 0 Å². The number of benzene rings is 3. The van der Waals surface area contributed by atoms with E-state index in [-0.39, 0.29) is 17.3 Å². The molecular weight excluding hydrogens is 502 g/mol. The number of amides is 2. The van der Waals surface area contributed by atoms with Crippen molar-refractivity contribution in [3.05, 3.63) is 89.4 Å². The Morgan fingerprint density at radius 2 is 1.69 bits per heavy atom. The summed E-state index contributed by atoms with van der Waals surface area (Å²) in [6.45, 7) is -0.0378. The fourth-order valence-electron chi connectivity index (χ4n) is 3.84. The van der Waals surface area contributed by atoms with Crippen LogP contribution < -0.4 is 15.0 Å². The van der Waals surface area contributed by atoms with Crippen molar-refractivity contribution in [2.24, 2.45) is 0 Å². The van der Waals surface area contributed by atoms with Gasteiger partial charge in [0.05, 0.1) is 23.7 Å². The highest BCUT2D eigenvalue weighted by atomic mass is 35.5. The van der Waals surface area contributed by atoms with Gasteiger partial charge in [-0.25, -0.2) is 8.42 Å². The Morgan fingerprint density at radius 3 is 2.42 bits per heavy atom. The van der Waals surface area contributed by atoms with Gasteiger partial charge in [0, 0.05) is 18.6 Å². The second kappa shape index (κ2) is 11.1. The normalized spacial score (nSPS) is 15.2. The van der Waals surface area contributed by atoms with Crippen molar-refractivity contribution in [3.63, 3.8) is 0 Å². The molecule has 0 unspecified atom stereocenters. The van der Waals surface area contributed by atoms with E-state index in [1.54, 1.807) is 24.3 Å². The van der Waals surface area contributed by atoms with Crippen LogP contribution in [-0.2, 0) is 26.0 Å². The van der Waals surface area contributed by atoms with Crippen molar-refractivity contribution in [2.75, 3.05) is 31.6 Å². The first kappa shape index (κ1) is 25.7. The van der Waals surface area contributed by atoms with Crippen LogP contribution in [0.5, 0.6) is 5.75 Å². The second-order valence-corrected chi connectivity index (χ2v) is 10.8. The van der Waals surface area contributed by atoms with E-state index in [0.29, 0.717) is 29.4 Å². The smallest absolute Gasteiger partial charge is 0.262 e. The van der Waals surface area contributed by atoms with Gasteiger partial charge in [0.15, 0.2) is 6.10 Å². The van der Waals surface area contributed by atoms with Crippen molar-refractivity contribution >= 4 is 39.1 Å². The SMILES string of the molecule is CN(CC(=O)N1C[C@H](C(=O)NCCc2ccccc2)Oc2ccccc21)S(=O)(=O)c1ccc(Cl)cc1. The van der Waals surface area contributed by atoms with Gasteiger partial charge in [-0.2, -0.15) is 4.31 Å². The lowest BCUT2D eigenvalue weighted by molar-refractivity contribution is -0.128. The zero-order chi connectivity index (χ0) is 25.7. The van der Waals surface area contributed by atoms with Crippen LogP contribution in [0.4, 0.5) is 5.69 Å². The second-order valence-electron chi connectivity index (χ2n) is 8.32. The highest BCUT2D eigenvalue weighted by Gasteiger charge is 2.35. The summed E-state index contributed by atoms with van der Waals surface area (Å²) < 4.78 is 32.7. The summed E-state index contributed by atoms with van der Waals surface area (Å²) in [5.74, 6) is -0.447. The molecule has 0 saturated carbocycles. The third-order valence-corrected chi connectivity index (χ3v) is 7.87. The first-order valence-corrected chi connectivity index (χ1v) is 13.2. The van der Waals surface area contributed by atoms with Gasteiger partial charge in [-0.05, 0) is 48.4 Å². The average Bonchev–Trinajstić information content (AvgIpc) is 2.88. The Morgan fingerprint density at radius 1 is 1.03 bits per heavy atom. The van der Waals surface area contributed by atoms with E-state index in [1.807, 2.05) is 30.3 Å². The molecule has 0 fully saturated rings. The Labute approximate surface area is 215 Å². The number of fused-ring (bicyclic) bond motifs is 1. The molecule has 0 aromatic heterocycles. The van der Waals surface area contributed by atoms with Crippen LogP contribution in [0.15, 0.2) is 83.8 Å².